The van der Waals surface area contributed by atoms with E-state index in [1.54, 1.807) is 24.5 Å². The average Bonchev–Trinajstić information content (AvgIpc) is 3.40. The van der Waals surface area contributed by atoms with E-state index in [1.165, 1.54) is 34.7 Å². The van der Waals surface area contributed by atoms with Gasteiger partial charge in [-0.3, -0.25) is 5.10 Å². The van der Waals surface area contributed by atoms with Gasteiger partial charge in [0.1, 0.15) is 11.5 Å². The maximum atomic E-state index is 13.1. The van der Waals surface area contributed by atoms with Crippen LogP contribution in [0.4, 0.5) is 14.5 Å². The van der Waals surface area contributed by atoms with E-state index in [9.17, 15) is 13.9 Å². The van der Waals surface area contributed by atoms with Crippen LogP contribution in [0.2, 0.25) is 0 Å². The molecule has 0 fully saturated rings. The second kappa shape index (κ2) is 8.04. The van der Waals surface area contributed by atoms with Crippen molar-refractivity contribution in [2.45, 2.75) is 17.7 Å². The van der Waals surface area contributed by atoms with Crippen molar-refractivity contribution < 1.29 is 23.4 Å². The fourth-order valence-electron chi connectivity index (χ4n) is 3.32. The number of aromatic nitrogens is 5. The number of hydrogen-bond donors (Lipinski definition) is 3. The molecular weight excluding hydrogens is 430 g/mol. The smallest absolute Gasteiger partial charge is 0.387 e. The van der Waals surface area contributed by atoms with Crippen molar-refractivity contribution in [1.82, 2.24) is 24.8 Å². The van der Waals surface area contributed by atoms with Crippen molar-refractivity contribution in [2.24, 2.45) is 0 Å². The Hall–Kier alpha value is -3.38. The van der Waals surface area contributed by atoms with Crippen molar-refractivity contribution >= 4 is 23.1 Å². The van der Waals surface area contributed by atoms with Crippen LogP contribution in [0.3, 0.4) is 0 Å². The first-order valence-corrected chi connectivity index (χ1v) is 10.2. The first-order valence-electron chi connectivity index (χ1n) is 9.25. The highest BCUT2D eigenvalue weighted by Crippen LogP contribution is 2.44. The molecule has 1 aliphatic heterocycles. The quantitative estimate of drug-likeness (QED) is 0.387. The number of hydrogen-bond acceptors (Lipinski definition) is 8. The molecule has 0 spiro atoms. The Morgan fingerprint density at radius 1 is 1.32 bits per heavy atom. The number of aromatic amines is 1. The Morgan fingerprint density at radius 3 is 3.10 bits per heavy atom. The highest BCUT2D eigenvalue weighted by molar-refractivity contribution is 7.99. The first-order chi connectivity index (χ1) is 15.1. The van der Waals surface area contributed by atoms with Crippen molar-refractivity contribution in [2.75, 3.05) is 17.7 Å². The SMILES string of the molecule is OC(Nc1cn[nH]c1-c1cc2c(cc1OC(F)F)SCCO2)c1cnn2cccnc12. The number of ether oxygens (including phenoxy) is 2. The van der Waals surface area contributed by atoms with E-state index >= 15 is 0 Å². The van der Waals surface area contributed by atoms with Gasteiger partial charge in [-0.15, -0.1) is 11.8 Å². The number of aliphatic hydroxyl groups is 1. The highest BCUT2D eigenvalue weighted by atomic mass is 32.2. The molecule has 4 heterocycles. The molecule has 31 heavy (non-hydrogen) atoms. The number of H-pyrrole nitrogens is 1. The largest absolute Gasteiger partial charge is 0.492 e. The molecular formula is C19H16F2N6O3S. The van der Waals surface area contributed by atoms with Gasteiger partial charge in [0.05, 0.1) is 40.8 Å². The van der Waals surface area contributed by atoms with E-state index in [0.29, 0.717) is 40.5 Å². The summed E-state index contributed by atoms with van der Waals surface area (Å²) in [4.78, 5) is 4.94. The standard InChI is InChI=1S/C19H16F2N6O3S/c20-19(21)30-13-7-15-14(29-4-5-31-15)6-10(13)16-12(9-23-26-16)25-18(28)11-8-24-27-3-1-2-22-17(11)27/h1-3,6-9,18-19,25,28H,4-5H2,(H,23,26). The molecule has 0 radical (unpaired) electrons. The van der Waals surface area contributed by atoms with Crippen LogP contribution in [0.5, 0.6) is 11.5 Å². The number of halogens is 2. The molecule has 12 heteroatoms. The Balaban J connectivity index is 1.51. The normalized spacial score (nSPS) is 14.3. The first kappa shape index (κ1) is 19.6. The number of anilines is 1. The Bertz CT molecular complexity index is 1230. The van der Waals surface area contributed by atoms with E-state index < -0.39 is 12.8 Å². The van der Waals surface area contributed by atoms with Gasteiger partial charge in [-0.2, -0.15) is 19.0 Å². The molecule has 0 saturated carbocycles. The van der Waals surface area contributed by atoms with Crippen molar-refractivity contribution in [1.29, 1.82) is 0 Å². The van der Waals surface area contributed by atoms with Crippen molar-refractivity contribution in [3.05, 3.63) is 48.5 Å². The van der Waals surface area contributed by atoms with Gasteiger partial charge in [-0.25, -0.2) is 9.50 Å². The van der Waals surface area contributed by atoms with E-state index in [-0.39, 0.29) is 5.75 Å². The minimum Gasteiger partial charge on any atom is -0.492 e. The summed E-state index contributed by atoms with van der Waals surface area (Å²) in [7, 11) is 0. The molecule has 0 aliphatic carbocycles. The third-order valence-electron chi connectivity index (χ3n) is 4.66. The zero-order valence-corrected chi connectivity index (χ0v) is 16.6. The molecule has 1 aromatic carbocycles. The van der Waals surface area contributed by atoms with Gasteiger partial charge in [0.15, 0.2) is 11.9 Å². The van der Waals surface area contributed by atoms with Crippen molar-refractivity contribution in [3.8, 4) is 22.8 Å². The lowest BCUT2D eigenvalue weighted by molar-refractivity contribution is -0.0496. The summed E-state index contributed by atoms with van der Waals surface area (Å²) in [5, 5.41) is 24.6. The number of thioether (sulfide) groups is 1. The zero-order chi connectivity index (χ0) is 21.4. The molecule has 1 aliphatic rings. The molecule has 3 aromatic heterocycles. The molecule has 3 N–H and O–H groups in total. The maximum Gasteiger partial charge on any atom is 0.387 e. The van der Waals surface area contributed by atoms with Gasteiger partial charge < -0.3 is 19.9 Å². The lowest BCUT2D eigenvalue weighted by Crippen LogP contribution is -2.11. The molecule has 0 saturated heterocycles. The van der Waals surface area contributed by atoms with Crippen LogP contribution >= 0.6 is 11.8 Å². The van der Waals surface area contributed by atoms with Gasteiger partial charge in [0, 0.05) is 23.7 Å². The summed E-state index contributed by atoms with van der Waals surface area (Å²) in [5.41, 5.74) is 1.99. The number of rotatable bonds is 6. The van der Waals surface area contributed by atoms with E-state index in [0.717, 1.165) is 10.6 Å². The Labute approximate surface area is 178 Å². The predicted octanol–water partition coefficient (Wildman–Crippen LogP) is 3.31. The maximum absolute atomic E-state index is 13.1. The lowest BCUT2D eigenvalue weighted by atomic mass is 10.1. The summed E-state index contributed by atoms with van der Waals surface area (Å²) < 4.78 is 38.1. The van der Waals surface area contributed by atoms with Gasteiger partial charge in [-0.1, -0.05) is 0 Å². The summed E-state index contributed by atoms with van der Waals surface area (Å²) in [6.07, 6.45) is 5.07. The minimum atomic E-state index is -3.00. The van der Waals surface area contributed by atoms with Crippen LogP contribution in [-0.2, 0) is 0 Å². The number of nitrogens with one attached hydrogen (secondary N) is 2. The van der Waals surface area contributed by atoms with Gasteiger partial charge in [0.2, 0.25) is 0 Å². The summed E-state index contributed by atoms with van der Waals surface area (Å²) in [6.45, 7) is -2.48. The number of alkyl halides is 2. The zero-order valence-electron chi connectivity index (χ0n) is 15.8. The van der Waals surface area contributed by atoms with E-state index in [4.69, 9.17) is 9.47 Å². The second-order valence-corrected chi connectivity index (χ2v) is 7.70. The van der Waals surface area contributed by atoms with E-state index in [1.807, 2.05) is 0 Å². The van der Waals surface area contributed by atoms with Crippen molar-refractivity contribution in [3.63, 3.8) is 0 Å². The fraction of sp³-hybridized carbons (Fsp3) is 0.211. The molecule has 9 nitrogen and oxygen atoms in total. The minimum absolute atomic E-state index is 0.0220. The summed E-state index contributed by atoms with van der Waals surface area (Å²) in [6, 6.07) is 4.87. The Morgan fingerprint density at radius 2 is 2.23 bits per heavy atom. The van der Waals surface area contributed by atoms with Gasteiger partial charge >= 0.3 is 6.61 Å². The molecule has 1 unspecified atom stereocenters. The van der Waals surface area contributed by atoms with Gasteiger partial charge in [0.25, 0.3) is 0 Å². The van der Waals surface area contributed by atoms with E-state index in [2.05, 4.69) is 25.6 Å². The lowest BCUT2D eigenvalue weighted by Gasteiger charge is -2.20. The third-order valence-corrected chi connectivity index (χ3v) is 5.66. The van der Waals surface area contributed by atoms with Crippen LogP contribution in [0.1, 0.15) is 11.8 Å². The average molecular weight is 446 g/mol. The molecule has 1 atom stereocenters. The number of aliphatic hydroxyl groups excluding tert-OH is 1. The van der Waals surface area contributed by atoms with Crippen LogP contribution < -0.4 is 14.8 Å². The van der Waals surface area contributed by atoms with Crippen LogP contribution in [0, 0.1) is 0 Å². The summed E-state index contributed by atoms with van der Waals surface area (Å²) in [5.74, 6) is 1.27. The third kappa shape index (κ3) is 3.75. The molecule has 5 rings (SSSR count). The molecule has 4 aromatic rings. The number of fused-ring (bicyclic) bond motifs is 2. The fourth-order valence-corrected chi connectivity index (χ4v) is 4.16. The van der Waals surface area contributed by atoms with Crippen LogP contribution in [-0.4, -0.2) is 48.9 Å². The number of benzene rings is 1. The summed E-state index contributed by atoms with van der Waals surface area (Å²) >= 11 is 1.50. The number of nitrogens with zero attached hydrogens (tertiary/aromatic N) is 4. The molecule has 0 amide bonds. The molecule has 0 bridgehead atoms. The van der Waals surface area contributed by atoms with Crippen LogP contribution in [0.25, 0.3) is 16.9 Å². The molecule has 160 valence electrons. The van der Waals surface area contributed by atoms with Crippen LogP contribution in [0.15, 0.2) is 47.9 Å². The monoisotopic (exact) mass is 446 g/mol. The predicted molar refractivity (Wildman–Crippen MR) is 108 cm³/mol. The Kier molecular flexibility index (Phi) is 5.08. The highest BCUT2D eigenvalue weighted by Gasteiger charge is 2.23. The second-order valence-electron chi connectivity index (χ2n) is 6.56. The van der Waals surface area contributed by atoms with Gasteiger partial charge in [-0.05, 0) is 18.2 Å². The topological polar surface area (TPSA) is 110 Å².